The van der Waals surface area contributed by atoms with Crippen LogP contribution in [0.5, 0.6) is 0 Å². The summed E-state index contributed by atoms with van der Waals surface area (Å²) in [4.78, 5) is 44.7. The number of nitrogen functional groups attached to an aromatic ring is 1. The zero-order chi connectivity index (χ0) is 32.1. The number of aliphatic imine (C=N–C) groups is 1. The first kappa shape index (κ1) is 34.6. The largest absolute Gasteiger partial charge is 0.464 e. The average molecular weight is 671 g/mol. The third kappa shape index (κ3) is 10.7. The van der Waals surface area contributed by atoms with Gasteiger partial charge in [-0.1, -0.05) is 71.6 Å². The van der Waals surface area contributed by atoms with Crippen molar-refractivity contribution in [3.05, 3.63) is 69.7 Å². The van der Waals surface area contributed by atoms with Gasteiger partial charge in [0.05, 0.1) is 12.5 Å². The van der Waals surface area contributed by atoms with Gasteiger partial charge < -0.3 is 32.6 Å². The van der Waals surface area contributed by atoms with Crippen LogP contribution in [0.2, 0.25) is 0 Å². The second kappa shape index (κ2) is 17.4. The average Bonchev–Trinajstić information content (AvgIpc) is 3.00. The number of carbonyl (C=O) groups excluding carboxylic acids is 3. The maximum Gasteiger partial charge on any atom is 0.328 e. The summed E-state index contributed by atoms with van der Waals surface area (Å²) in [5, 5.41) is 13.6. The van der Waals surface area contributed by atoms with Gasteiger partial charge in [-0.25, -0.2) is 4.79 Å². The van der Waals surface area contributed by atoms with Crippen molar-refractivity contribution < 1.29 is 19.1 Å². The number of amidine groups is 1. The number of amides is 2. The van der Waals surface area contributed by atoms with Crippen molar-refractivity contribution in [3.8, 4) is 0 Å². The fraction of sp³-hybridized carbons (Fsp3) is 0.469. The van der Waals surface area contributed by atoms with Gasteiger partial charge in [0.15, 0.2) is 5.96 Å². The molecule has 2 amide bonds. The summed E-state index contributed by atoms with van der Waals surface area (Å²) in [6, 6.07) is 13.0. The first-order chi connectivity index (χ1) is 21.1. The number of nitrogens with one attached hydrogen (secondary N) is 3. The van der Waals surface area contributed by atoms with Gasteiger partial charge in [-0.2, -0.15) is 0 Å². The van der Waals surface area contributed by atoms with E-state index in [9.17, 15) is 14.4 Å². The highest BCUT2D eigenvalue weighted by atomic mass is 79.9. The van der Waals surface area contributed by atoms with E-state index in [0.29, 0.717) is 24.9 Å². The van der Waals surface area contributed by atoms with Gasteiger partial charge in [-0.15, -0.1) is 0 Å². The van der Waals surface area contributed by atoms with E-state index in [0.717, 1.165) is 47.7 Å². The van der Waals surface area contributed by atoms with Crippen molar-refractivity contribution in [2.24, 2.45) is 28.1 Å². The molecule has 0 spiro atoms. The second-order valence-electron chi connectivity index (χ2n) is 11.1. The number of nitrogens with two attached hydrogens (primary N) is 3. The Morgan fingerprint density at radius 2 is 1.73 bits per heavy atom. The third-order valence-electron chi connectivity index (χ3n) is 7.81. The van der Waals surface area contributed by atoms with Crippen molar-refractivity contribution in [1.82, 2.24) is 10.6 Å². The Kier molecular flexibility index (Phi) is 13.7. The van der Waals surface area contributed by atoms with Crippen molar-refractivity contribution in [2.45, 2.75) is 76.3 Å². The lowest BCUT2D eigenvalue weighted by Crippen LogP contribution is -2.55. The molecule has 238 valence electrons. The lowest BCUT2D eigenvalue weighted by atomic mass is 9.82. The Hall–Kier alpha value is -3.93. The number of hydrogen-bond donors (Lipinski definition) is 6. The van der Waals surface area contributed by atoms with Gasteiger partial charge in [0.25, 0.3) is 0 Å². The van der Waals surface area contributed by atoms with E-state index in [4.69, 9.17) is 27.3 Å². The molecule has 0 heterocycles. The van der Waals surface area contributed by atoms with Crippen LogP contribution in [0.25, 0.3) is 0 Å². The van der Waals surface area contributed by atoms with Crippen molar-refractivity contribution in [2.75, 3.05) is 13.2 Å². The molecule has 1 aliphatic carbocycles. The quantitative estimate of drug-likeness (QED) is 0.0723. The molecule has 3 rings (SSSR count). The lowest BCUT2D eigenvalue weighted by molar-refractivity contribution is -0.148. The molecule has 1 aliphatic rings. The minimum atomic E-state index is -0.902. The van der Waals surface area contributed by atoms with Crippen LogP contribution in [0.4, 0.5) is 0 Å². The lowest BCUT2D eigenvalue weighted by Gasteiger charge is -2.32. The number of halogens is 1. The molecule has 11 nitrogen and oxygen atoms in total. The van der Waals surface area contributed by atoms with Gasteiger partial charge in [0, 0.05) is 16.6 Å². The van der Waals surface area contributed by atoms with Crippen LogP contribution >= 0.6 is 15.9 Å². The Morgan fingerprint density at radius 3 is 2.34 bits per heavy atom. The Labute approximate surface area is 267 Å². The standard InChI is InChI=1S/C32H44BrN7O4/c1-2-44-31(43)26(12-7-17-38-32(36)37)39-30(42)27(21-8-4-3-5-9-21)40-29(41)25(23-10-6-11-24(33)19-23)18-20-13-15-22(16-14-20)28(34)35/h6,10-11,13-16,19,21,25-27H,2-5,7-9,12,17-18H2,1H3,(H3,34,35)(H,39,42)(H,40,41)(H4,36,37,38)/t25?,26-,27-/m0/s1. The topological polar surface area (TPSA) is 199 Å². The fourth-order valence-corrected chi connectivity index (χ4v) is 5.93. The number of ether oxygens (including phenoxy) is 1. The Morgan fingerprint density at radius 1 is 1.02 bits per heavy atom. The summed E-state index contributed by atoms with van der Waals surface area (Å²) in [7, 11) is 0. The van der Waals surface area contributed by atoms with E-state index in [2.05, 4.69) is 31.6 Å². The molecule has 3 atom stereocenters. The Balaban J connectivity index is 1.87. The van der Waals surface area contributed by atoms with E-state index >= 15 is 0 Å². The SMILES string of the molecule is CCOC(=O)[C@H](CCCN=C(N)N)NC(=O)[C@@H](NC(=O)C(Cc1ccc(C(=N)N)cc1)c1cccc(Br)c1)C1CCCCC1. The predicted molar refractivity (Wildman–Crippen MR) is 175 cm³/mol. The molecule has 1 fully saturated rings. The monoisotopic (exact) mass is 669 g/mol. The molecule has 0 aliphatic heterocycles. The zero-order valence-electron chi connectivity index (χ0n) is 25.2. The first-order valence-corrected chi connectivity index (χ1v) is 15.9. The van der Waals surface area contributed by atoms with Gasteiger partial charge >= 0.3 is 5.97 Å². The maximum atomic E-state index is 14.1. The predicted octanol–water partition coefficient (Wildman–Crippen LogP) is 3.23. The number of hydrogen-bond acceptors (Lipinski definition) is 6. The molecule has 0 bridgehead atoms. The number of benzene rings is 2. The smallest absolute Gasteiger partial charge is 0.328 e. The summed E-state index contributed by atoms with van der Waals surface area (Å²) < 4.78 is 6.07. The molecule has 0 aromatic heterocycles. The Bertz CT molecular complexity index is 1310. The van der Waals surface area contributed by atoms with E-state index in [-0.39, 0.29) is 36.6 Å². The molecule has 9 N–H and O–H groups in total. The zero-order valence-corrected chi connectivity index (χ0v) is 26.8. The van der Waals surface area contributed by atoms with Crippen LogP contribution in [-0.2, 0) is 25.5 Å². The molecule has 1 saturated carbocycles. The summed E-state index contributed by atoms with van der Waals surface area (Å²) in [5.74, 6) is -1.99. The normalized spacial score (nSPS) is 15.3. The first-order valence-electron chi connectivity index (χ1n) is 15.1. The molecule has 2 aromatic carbocycles. The van der Waals surface area contributed by atoms with Gasteiger partial charge in [0.1, 0.15) is 17.9 Å². The molecular formula is C32H44BrN7O4. The van der Waals surface area contributed by atoms with Crippen molar-refractivity contribution in [1.29, 1.82) is 5.41 Å². The van der Waals surface area contributed by atoms with Gasteiger partial charge in [-0.05, 0) is 68.2 Å². The number of esters is 1. The van der Waals surface area contributed by atoms with E-state index in [1.165, 1.54) is 0 Å². The number of nitrogens with zero attached hydrogens (tertiary/aromatic N) is 1. The van der Waals surface area contributed by atoms with Gasteiger partial charge in [-0.3, -0.25) is 20.0 Å². The summed E-state index contributed by atoms with van der Waals surface area (Å²) in [6.45, 7) is 2.18. The molecular weight excluding hydrogens is 626 g/mol. The van der Waals surface area contributed by atoms with Crippen LogP contribution in [-0.4, -0.2) is 54.8 Å². The summed E-state index contributed by atoms with van der Waals surface area (Å²) in [5.41, 5.74) is 18.7. The molecule has 2 aromatic rings. The molecule has 0 radical (unpaired) electrons. The molecule has 0 saturated heterocycles. The highest BCUT2D eigenvalue weighted by molar-refractivity contribution is 9.10. The van der Waals surface area contributed by atoms with Crippen LogP contribution in [0.15, 0.2) is 58.0 Å². The van der Waals surface area contributed by atoms with E-state index < -0.39 is 29.9 Å². The number of guanidine groups is 1. The van der Waals surface area contributed by atoms with Crippen LogP contribution in [0, 0.1) is 11.3 Å². The number of rotatable bonds is 15. The molecule has 44 heavy (non-hydrogen) atoms. The van der Waals surface area contributed by atoms with E-state index in [1.54, 1.807) is 19.1 Å². The molecule has 1 unspecified atom stereocenters. The third-order valence-corrected chi connectivity index (χ3v) is 8.30. The van der Waals surface area contributed by atoms with Crippen molar-refractivity contribution in [3.63, 3.8) is 0 Å². The minimum Gasteiger partial charge on any atom is -0.464 e. The fourth-order valence-electron chi connectivity index (χ4n) is 5.52. The van der Waals surface area contributed by atoms with Crippen molar-refractivity contribution >= 4 is 45.5 Å². The summed E-state index contributed by atoms with van der Waals surface area (Å²) in [6.07, 6.45) is 5.69. The highest BCUT2D eigenvalue weighted by Gasteiger charge is 2.35. The minimum absolute atomic E-state index is 0.0310. The molecule has 12 heteroatoms. The summed E-state index contributed by atoms with van der Waals surface area (Å²) >= 11 is 3.52. The van der Waals surface area contributed by atoms with Gasteiger partial charge in [0.2, 0.25) is 11.8 Å². The van der Waals surface area contributed by atoms with Crippen LogP contribution in [0.1, 0.15) is 74.5 Å². The highest BCUT2D eigenvalue weighted by Crippen LogP contribution is 2.29. The number of carbonyl (C=O) groups is 3. The van der Waals surface area contributed by atoms with Crippen LogP contribution < -0.4 is 27.8 Å². The van der Waals surface area contributed by atoms with Crippen LogP contribution in [0.3, 0.4) is 0 Å². The van der Waals surface area contributed by atoms with E-state index in [1.807, 2.05) is 36.4 Å². The maximum absolute atomic E-state index is 14.1. The second-order valence-corrected chi connectivity index (χ2v) is 12.0.